The van der Waals surface area contributed by atoms with Crippen LogP contribution in [0.25, 0.3) is 10.9 Å². The summed E-state index contributed by atoms with van der Waals surface area (Å²) in [4.78, 5) is 16.2. The summed E-state index contributed by atoms with van der Waals surface area (Å²) in [5.41, 5.74) is 1.48. The zero-order valence-electron chi connectivity index (χ0n) is 11.7. The number of carbonyl (C=O) groups excluding carboxylic acids is 2. The van der Waals surface area contributed by atoms with Gasteiger partial charge in [0.25, 0.3) is 0 Å². The SMILES string of the molecule is CC.CC(C)(C)n1ccc2ccccc21.O=C=O. The fraction of sp³-hybridized carbons (Fsp3) is 0.400. The average Bonchev–Trinajstić information content (AvgIpc) is 2.76. The van der Waals surface area contributed by atoms with E-state index in [1.54, 1.807) is 0 Å². The average molecular weight is 247 g/mol. The smallest absolute Gasteiger partial charge is 0.342 e. The van der Waals surface area contributed by atoms with Crippen LogP contribution in [0.4, 0.5) is 0 Å². The van der Waals surface area contributed by atoms with Crippen molar-refractivity contribution in [2.75, 3.05) is 0 Å². The molecule has 1 aromatic carbocycles. The van der Waals surface area contributed by atoms with Crippen LogP contribution in [0.1, 0.15) is 34.6 Å². The lowest BCUT2D eigenvalue weighted by atomic mass is 10.1. The number of para-hydroxylation sites is 1. The number of aromatic nitrogens is 1. The molecule has 1 aromatic heterocycles. The molecule has 0 radical (unpaired) electrons. The van der Waals surface area contributed by atoms with E-state index in [0.29, 0.717) is 0 Å². The zero-order valence-corrected chi connectivity index (χ0v) is 11.7. The summed E-state index contributed by atoms with van der Waals surface area (Å²) in [6, 6.07) is 10.7. The second-order valence-electron chi connectivity index (χ2n) is 4.50. The number of fused-ring (bicyclic) bond motifs is 1. The molecule has 0 saturated heterocycles. The second kappa shape index (κ2) is 7.46. The van der Waals surface area contributed by atoms with Crippen molar-refractivity contribution < 1.29 is 9.59 Å². The molecule has 1 heterocycles. The first-order valence-corrected chi connectivity index (χ1v) is 6.06. The molecule has 0 aliphatic heterocycles. The molecule has 18 heavy (non-hydrogen) atoms. The van der Waals surface area contributed by atoms with Crippen LogP contribution >= 0.6 is 0 Å². The van der Waals surface area contributed by atoms with E-state index in [9.17, 15) is 0 Å². The van der Waals surface area contributed by atoms with Crippen molar-refractivity contribution in [3.05, 3.63) is 36.5 Å². The highest BCUT2D eigenvalue weighted by molar-refractivity contribution is 5.80. The summed E-state index contributed by atoms with van der Waals surface area (Å²) in [6.45, 7) is 10.7. The van der Waals surface area contributed by atoms with Crippen molar-refractivity contribution in [3.63, 3.8) is 0 Å². The van der Waals surface area contributed by atoms with Gasteiger partial charge in [-0.1, -0.05) is 32.0 Å². The fourth-order valence-electron chi connectivity index (χ4n) is 1.67. The number of rotatable bonds is 0. The molecule has 0 aliphatic rings. The van der Waals surface area contributed by atoms with Crippen LogP contribution in [0.15, 0.2) is 36.5 Å². The standard InChI is InChI=1S/C12H15N.C2H6.CO2/c1-12(2,3)13-9-8-10-6-4-5-7-11(10)13;1-2;2-1-3/h4-9H,1-3H3;1-2H3;. The summed E-state index contributed by atoms with van der Waals surface area (Å²) in [6.07, 6.45) is 2.41. The van der Waals surface area contributed by atoms with E-state index in [1.165, 1.54) is 10.9 Å². The Hall–Kier alpha value is -1.86. The van der Waals surface area contributed by atoms with Crippen molar-refractivity contribution in [2.45, 2.75) is 40.2 Å². The quantitative estimate of drug-likeness (QED) is 0.709. The van der Waals surface area contributed by atoms with Gasteiger partial charge in [-0.15, -0.1) is 0 Å². The highest BCUT2D eigenvalue weighted by atomic mass is 16.2. The molecule has 0 bridgehead atoms. The van der Waals surface area contributed by atoms with Crippen LogP contribution in [0.3, 0.4) is 0 Å². The molecular formula is C15H21NO2. The minimum atomic E-state index is 0.170. The summed E-state index contributed by atoms with van der Waals surface area (Å²) in [7, 11) is 0. The van der Waals surface area contributed by atoms with E-state index in [-0.39, 0.29) is 11.7 Å². The van der Waals surface area contributed by atoms with E-state index in [1.807, 2.05) is 13.8 Å². The molecule has 0 spiro atoms. The van der Waals surface area contributed by atoms with Crippen LogP contribution in [0.5, 0.6) is 0 Å². The van der Waals surface area contributed by atoms with Gasteiger partial charge in [0.2, 0.25) is 0 Å². The van der Waals surface area contributed by atoms with Crippen molar-refractivity contribution in [1.82, 2.24) is 4.57 Å². The van der Waals surface area contributed by atoms with Gasteiger partial charge in [0.1, 0.15) is 0 Å². The highest BCUT2D eigenvalue weighted by Crippen LogP contribution is 2.23. The first-order chi connectivity index (χ1) is 8.50. The molecule has 0 amide bonds. The predicted molar refractivity (Wildman–Crippen MR) is 73.3 cm³/mol. The Labute approximate surface area is 108 Å². The van der Waals surface area contributed by atoms with Crippen molar-refractivity contribution in [2.24, 2.45) is 0 Å². The summed E-state index contributed by atoms with van der Waals surface area (Å²) in [5, 5.41) is 1.32. The number of benzene rings is 1. The molecule has 3 heteroatoms. The number of hydrogen-bond donors (Lipinski definition) is 0. The van der Waals surface area contributed by atoms with Gasteiger partial charge in [-0.25, -0.2) is 0 Å². The van der Waals surface area contributed by atoms with Crippen LogP contribution in [0.2, 0.25) is 0 Å². The first-order valence-electron chi connectivity index (χ1n) is 6.06. The van der Waals surface area contributed by atoms with E-state index >= 15 is 0 Å². The fourth-order valence-corrected chi connectivity index (χ4v) is 1.67. The van der Waals surface area contributed by atoms with Crippen LogP contribution in [0, 0.1) is 0 Å². The Balaban J connectivity index is 0.000000509. The Morgan fingerprint density at radius 1 is 1.00 bits per heavy atom. The molecular weight excluding hydrogens is 226 g/mol. The van der Waals surface area contributed by atoms with Gasteiger partial charge in [-0.05, 0) is 38.3 Å². The third-order valence-electron chi connectivity index (χ3n) is 2.32. The Morgan fingerprint density at radius 3 is 2.00 bits per heavy atom. The van der Waals surface area contributed by atoms with Crippen molar-refractivity contribution >= 4 is 17.1 Å². The Kier molecular flexibility index (Phi) is 6.69. The van der Waals surface area contributed by atoms with Crippen LogP contribution < -0.4 is 0 Å². The molecule has 2 rings (SSSR count). The third-order valence-corrected chi connectivity index (χ3v) is 2.32. The highest BCUT2D eigenvalue weighted by Gasteiger charge is 2.13. The molecule has 0 saturated carbocycles. The summed E-state index contributed by atoms with van der Waals surface area (Å²) in [5.74, 6) is 0. The third kappa shape index (κ3) is 4.19. The largest absolute Gasteiger partial charge is 0.373 e. The molecule has 0 unspecified atom stereocenters. The molecule has 98 valence electrons. The van der Waals surface area contributed by atoms with Crippen LogP contribution in [-0.4, -0.2) is 10.7 Å². The molecule has 2 aromatic rings. The van der Waals surface area contributed by atoms with Crippen molar-refractivity contribution in [3.8, 4) is 0 Å². The Bertz CT molecular complexity index is 500. The monoisotopic (exact) mass is 247 g/mol. The molecule has 0 fully saturated rings. The lowest BCUT2D eigenvalue weighted by molar-refractivity contribution is -0.191. The summed E-state index contributed by atoms with van der Waals surface area (Å²) >= 11 is 0. The number of nitrogens with zero attached hydrogens (tertiary/aromatic N) is 1. The maximum Gasteiger partial charge on any atom is 0.373 e. The van der Waals surface area contributed by atoms with E-state index in [0.717, 1.165) is 0 Å². The van der Waals surface area contributed by atoms with Gasteiger partial charge >= 0.3 is 6.15 Å². The van der Waals surface area contributed by atoms with Gasteiger partial charge in [0.05, 0.1) is 0 Å². The van der Waals surface area contributed by atoms with E-state index in [2.05, 4.69) is 61.9 Å². The normalized spacial score (nSPS) is 9.61. The van der Waals surface area contributed by atoms with Gasteiger partial charge in [0, 0.05) is 17.3 Å². The second-order valence-corrected chi connectivity index (χ2v) is 4.50. The van der Waals surface area contributed by atoms with E-state index < -0.39 is 0 Å². The van der Waals surface area contributed by atoms with Gasteiger partial charge in [-0.3, -0.25) is 0 Å². The van der Waals surface area contributed by atoms with Gasteiger partial charge < -0.3 is 4.57 Å². The predicted octanol–water partition coefficient (Wildman–Crippen LogP) is 3.84. The minimum Gasteiger partial charge on any atom is -0.342 e. The molecule has 0 aliphatic carbocycles. The van der Waals surface area contributed by atoms with Gasteiger partial charge in [-0.2, -0.15) is 9.59 Å². The van der Waals surface area contributed by atoms with Gasteiger partial charge in [0.15, 0.2) is 0 Å². The minimum absolute atomic E-state index is 0.170. The Morgan fingerprint density at radius 2 is 1.50 bits per heavy atom. The summed E-state index contributed by atoms with van der Waals surface area (Å²) < 4.78 is 2.31. The zero-order chi connectivity index (χ0) is 14.2. The van der Waals surface area contributed by atoms with Crippen LogP contribution in [-0.2, 0) is 15.1 Å². The lowest BCUT2D eigenvalue weighted by Gasteiger charge is -2.22. The number of hydrogen-bond acceptors (Lipinski definition) is 2. The molecule has 3 nitrogen and oxygen atoms in total. The molecule has 0 atom stereocenters. The molecule has 0 N–H and O–H groups in total. The van der Waals surface area contributed by atoms with Crippen molar-refractivity contribution in [1.29, 1.82) is 0 Å². The topological polar surface area (TPSA) is 39.1 Å². The maximum atomic E-state index is 8.12. The lowest BCUT2D eigenvalue weighted by Crippen LogP contribution is -2.20. The first kappa shape index (κ1) is 16.1. The maximum absolute atomic E-state index is 8.12. The van der Waals surface area contributed by atoms with E-state index in [4.69, 9.17) is 9.59 Å².